The predicted octanol–water partition coefficient (Wildman–Crippen LogP) is 1.33. The van der Waals surface area contributed by atoms with E-state index in [1.54, 1.807) is 7.05 Å². The van der Waals surface area contributed by atoms with Crippen LogP contribution in [0.25, 0.3) is 11.2 Å². The van der Waals surface area contributed by atoms with E-state index in [4.69, 9.17) is 0 Å². The maximum absolute atomic E-state index is 12.4. The molecule has 1 aromatic carbocycles. The Morgan fingerprint density at radius 3 is 2.65 bits per heavy atom. The van der Waals surface area contributed by atoms with E-state index >= 15 is 0 Å². The van der Waals surface area contributed by atoms with Crippen LogP contribution in [0.1, 0.15) is 24.0 Å². The van der Waals surface area contributed by atoms with Gasteiger partial charge in [0.05, 0.1) is 12.9 Å². The van der Waals surface area contributed by atoms with Crippen molar-refractivity contribution in [1.29, 1.82) is 0 Å². The van der Waals surface area contributed by atoms with Crippen molar-refractivity contribution in [1.82, 2.24) is 18.7 Å². The third-order valence-electron chi connectivity index (χ3n) is 4.57. The van der Waals surface area contributed by atoms with E-state index in [-0.39, 0.29) is 17.8 Å². The Balaban J connectivity index is 1.72. The Kier molecular flexibility index (Phi) is 4.88. The number of imidazole rings is 1. The number of rotatable bonds is 6. The Bertz CT molecular complexity index is 1090. The number of benzene rings is 1. The fraction of sp³-hybridized carbons (Fsp3) is 0.368. The maximum atomic E-state index is 12.4. The maximum Gasteiger partial charge on any atom is 0.332 e. The van der Waals surface area contributed by atoms with Gasteiger partial charge in [-0.3, -0.25) is 18.7 Å². The number of aromatic nitrogens is 4. The second-order valence-corrected chi connectivity index (χ2v) is 6.63. The zero-order valence-corrected chi connectivity index (χ0v) is 15.2. The van der Waals surface area contributed by atoms with Gasteiger partial charge in [0, 0.05) is 20.5 Å². The summed E-state index contributed by atoms with van der Waals surface area (Å²) in [4.78, 5) is 40.8. The average Bonchev–Trinajstić information content (AvgIpc) is 3.02. The highest BCUT2D eigenvalue weighted by Crippen LogP contribution is 2.10. The molecule has 136 valence electrons. The second kappa shape index (κ2) is 7.11. The summed E-state index contributed by atoms with van der Waals surface area (Å²) >= 11 is 0. The molecule has 0 unspecified atom stereocenters. The van der Waals surface area contributed by atoms with E-state index in [1.165, 1.54) is 33.6 Å². The Morgan fingerprint density at radius 1 is 1.15 bits per heavy atom. The number of carbonyl (C=O) groups excluding carboxylic acids is 1. The van der Waals surface area contributed by atoms with Gasteiger partial charge in [-0.05, 0) is 25.3 Å². The molecule has 0 amide bonds. The van der Waals surface area contributed by atoms with Gasteiger partial charge in [-0.25, -0.2) is 9.78 Å². The van der Waals surface area contributed by atoms with Gasteiger partial charge in [0.1, 0.15) is 0 Å². The average molecular weight is 354 g/mol. The van der Waals surface area contributed by atoms with Crippen LogP contribution >= 0.6 is 0 Å². The number of hydrogen-bond donors (Lipinski definition) is 0. The van der Waals surface area contributed by atoms with E-state index < -0.39 is 11.2 Å². The zero-order chi connectivity index (χ0) is 18.8. The smallest absolute Gasteiger partial charge is 0.317 e. The number of hydrogen-bond acceptors (Lipinski definition) is 4. The largest absolute Gasteiger partial charge is 0.332 e. The van der Waals surface area contributed by atoms with E-state index in [0.717, 1.165) is 17.4 Å². The van der Waals surface area contributed by atoms with Crippen LogP contribution in [0.2, 0.25) is 0 Å². The van der Waals surface area contributed by atoms with Gasteiger partial charge in [-0.2, -0.15) is 0 Å². The molecule has 7 heteroatoms. The molecular formula is C19H22N4O3. The monoisotopic (exact) mass is 354 g/mol. The molecule has 7 nitrogen and oxygen atoms in total. The van der Waals surface area contributed by atoms with Gasteiger partial charge in [-0.15, -0.1) is 0 Å². The predicted molar refractivity (Wildman–Crippen MR) is 99.3 cm³/mol. The highest BCUT2D eigenvalue weighted by atomic mass is 16.2. The summed E-state index contributed by atoms with van der Waals surface area (Å²) in [5, 5.41) is 0. The van der Waals surface area contributed by atoms with Gasteiger partial charge < -0.3 is 4.57 Å². The van der Waals surface area contributed by atoms with Crippen LogP contribution in [-0.4, -0.2) is 24.5 Å². The molecule has 0 fully saturated rings. The molecule has 0 aliphatic rings. The summed E-state index contributed by atoms with van der Waals surface area (Å²) in [5.74, 6) is 0.0351. The first kappa shape index (κ1) is 17.8. The molecule has 2 aromatic heterocycles. The second-order valence-electron chi connectivity index (χ2n) is 6.63. The van der Waals surface area contributed by atoms with Crippen molar-refractivity contribution in [2.24, 2.45) is 14.1 Å². The Hall–Kier alpha value is -2.96. The molecule has 0 N–H and O–H groups in total. The SMILES string of the molecule is Cc1cccc(CCCC(=O)Cn2cnc3c2c(=O)n(C)c(=O)n3C)c1. The molecule has 0 bridgehead atoms. The first-order valence-electron chi connectivity index (χ1n) is 8.56. The first-order chi connectivity index (χ1) is 12.4. The molecule has 0 atom stereocenters. The fourth-order valence-corrected chi connectivity index (χ4v) is 3.14. The Morgan fingerprint density at radius 2 is 1.92 bits per heavy atom. The van der Waals surface area contributed by atoms with Crippen LogP contribution < -0.4 is 11.2 Å². The van der Waals surface area contributed by atoms with Crippen molar-refractivity contribution in [3.63, 3.8) is 0 Å². The summed E-state index contributed by atoms with van der Waals surface area (Å²) in [6.45, 7) is 2.13. The van der Waals surface area contributed by atoms with Crippen molar-refractivity contribution >= 4 is 16.9 Å². The van der Waals surface area contributed by atoms with Crippen molar-refractivity contribution in [2.45, 2.75) is 32.7 Å². The molecule has 0 saturated heterocycles. The van der Waals surface area contributed by atoms with Crippen LogP contribution in [0.15, 0.2) is 40.2 Å². The minimum absolute atomic E-state index is 0.0351. The normalized spacial score (nSPS) is 11.2. The summed E-state index contributed by atoms with van der Waals surface area (Å²) in [5.41, 5.74) is 2.13. The van der Waals surface area contributed by atoms with Gasteiger partial charge in [-0.1, -0.05) is 29.8 Å². The minimum Gasteiger partial charge on any atom is -0.317 e. The highest BCUT2D eigenvalue weighted by molar-refractivity contribution is 5.80. The lowest BCUT2D eigenvalue weighted by Crippen LogP contribution is -2.37. The molecule has 0 saturated carbocycles. The summed E-state index contributed by atoms with van der Waals surface area (Å²) in [6, 6.07) is 8.25. The van der Waals surface area contributed by atoms with Crippen molar-refractivity contribution in [3.05, 3.63) is 62.6 Å². The topological polar surface area (TPSA) is 78.9 Å². The van der Waals surface area contributed by atoms with Crippen molar-refractivity contribution in [3.8, 4) is 0 Å². The fourth-order valence-electron chi connectivity index (χ4n) is 3.14. The summed E-state index contributed by atoms with van der Waals surface area (Å²) < 4.78 is 3.88. The lowest BCUT2D eigenvalue weighted by Gasteiger charge is -2.06. The van der Waals surface area contributed by atoms with Crippen LogP contribution in [0.3, 0.4) is 0 Å². The number of carbonyl (C=O) groups is 1. The van der Waals surface area contributed by atoms with Gasteiger partial charge >= 0.3 is 5.69 Å². The van der Waals surface area contributed by atoms with E-state index in [2.05, 4.69) is 17.1 Å². The van der Waals surface area contributed by atoms with E-state index in [0.29, 0.717) is 12.1 Å². The standard InChI is InChI=1S/C19H22N4O3/c1-13-6-4-7-14(10-13)8-5-9-15(24)11-23-12-20-17-16(23)18(25)22(3)19(26)21(17)2/h4,6-7,10,12H,5,8-9,11H2,1-3H3. The molecule has 0 aliphatic carbocycles. The number of ketones is 1. The third-order valence-corrected chi connectivity index (χ3v) is 4.57. The zero-order valence-electron chi connectivity index (χ0n) is 15.2. The molecule has 2 heterocycles. The first-order valence-corrected chi connectivity index (χ1v) is 8.56. The lowest BCUT2D eigenvalue weighted by molar-refractivity contribution is -0.119. The molecule has 0 spiro atoms. The molecule has 3 aromatic rings. The third kappa shape index (κ3) is 3.37. The number of aryl methyl sites for hydroxylation is 3. The quantitative estimate of drug-likeness (QED) is 0.669. The number of fused-ring (bicyclic) bond motifs is 1. The molecular weight excluding hydrogens is 332 g/mol. The van der Waals surface area contributed by atoms with Gasteiger partial charge in [0.15, 0.2) is 16.9 Å². The Labute approximate surface area is 150 Å². The number of nitrogens with zero attached hydrogens (tertiary/aromatic N) is 4. The molecule has 0 radical (unpaired) electrons. The van der Waals surface area contributed by atoms with Gasteiger partial charge in [0.25, 0.3) is 5.56 Å². The molecule has 3 rings (SSSR count). The van der Waals surface area contributed by atoms with Crippen molar-refractivity contribution < 1.29 is 4.79 Å². The minimum atomic E-state index is -0.437. The van der Waals surface area contributed by atoms with Gasteiger partial charge in [0.2, 0.25) is 0 Å². The number of Topliss-reactive ketones (excluding diaryl/α,β-unsaturated/α-hetero) is 1. The van der Waals surface area contributed by atoms with E-state index in [1.807, 2.05) is 19.1 Å². The summed E-state index contributed by atoms with van der Waals surface area (Å²) in [6.07, 6.45) is 3.48. The summed E-state index contributed by atoms with van der Waals surface area (Å²) in [7, 11) is 2.98. The van der Waals surface area contributed by atoms with E-state index in [9.17, 15) is 14.4 Å². The molecule has 26 heavy (non-hydrogen) atoms. The van der Waals surface area contributed by atoms with Crippen molar-refractivity contribution in [2.75, 3.05) is 0 Å². The van der Waals surface area contributed by atoms with Crippen LogP contribution in [0.5, 0.6) is 0 Å². The lowest BCUT2D eigenvalue weighted by atomic mass is 10.0. The highest BCUT2D eigenvalue weighted by Gasteiger charge is 2.15. The van der Waals surface area contributed by atoms with Crippen LogP contribution in [0, 0.1) is 6.92 Å². The molecule has 0 aliphatic heterocycles. The van der Waals surface area contributed by atoms with Crippen LogP contribution in [-0.2, 0) is 31.9 Å². The van der Waals surface area contributed by atoms with Crippen LogP contribution in [0.4, 0.5) is 0 Å².